The Morgan fingerprint density at radius 1 is 1.15 bits per heavy atom. The van der Waals surface area contributed by atoms with E-state index in [1.807, 2.05) is 24.3 Å². The molecule has 0 saturated carbocycles. The molecule has 0 atom stereocenters. The molecule has 0 amide bonds. The van der Waals surface area contributed by atoms with Gasteiger partial charge in [0.05, 0.1) is 0 Å². The minimum atomic E-state index is 0.438. The molecule has 2 aromatic rings. The summed E-state index contributed by atoms with van der Waals surface area (Å²) in [6.45, 7) is 1.74. The van der Waals surface area contributed by atoms with Crippen LogP contribution in [0.3, 0.4) is 0 Å². The predicted molar refractivity (Wildman–Crippen MR) is 89.4 cm³/mol. The van der Waals surface area contributed by atoms with Crippen molar-refractivity contribution in [1.82, 2.24) is 0 Å². The van der Waals surface area contributed by atoms with Crippen LogP contribution in [0.1, 0.15) is 18.4 Å². The van der Waals surface area contributed by atoms with Crippen molar-refractivity contribution in [3.8, 4) is 0 Å². The van der Waals surface area contributed by atoms with Crippen LogP contribution in [0.2, 0.25) is 0 Å². The van der Waals surface area contributed by atoms with Crippen LogP contribution in [0.5, 0.6) is 0 Å². The van der Waals surface area contributed by atoms with Crippen LogP contribution >= 0.6 is 12.2 Å². The maximum absolute atomic E-state index is 5.78. The SMILES string of the molecule is COCCCCNc1ccc(C(N)=S)c2ccccc12. The Labute approximate surface area is 125 Å². The van der Waals surface area contributed by atoms with Gasteiger partial charge in [-0.15, -0.1) is 0 Å². The molecule has 3 N–H and O–H groups in total. The largest absolute Gasteiger partial charge is 0.389 e. The number of rotatable bonds is 7. The van der Waals surface area contributed by atoms with Crippen LogP contribution in [-0.2, 0) is 4.74 Å². The predicted octanol–water partition coefficient (Wildman–Crippen LogP) is 3.31. The van der Waals surface area contributed by atoms with E-state index in [2.05, 4.69) is 17.4 Å². The summed E-state index contributed by atoms with van der Waals surface area (Å²) in [5.74, 6) is 0. The highest BCUT2D eigenvalue weighted by Crippen LogP contribution is 2.26. The topological polar surface area (TPSA) is 47.3 Å². The standard InChI is InChI=1S/C16H20N2OS/c1-19-11-5-4-10-18-15-9-8-14(16(17)20)12-6-2-3-7-13(12)15/h2-3,6-9,18H,4-5,10-11H2,1H3,(H2,17,20). The van der Waals surface area contributed by atoms with Crippen molar-refractivity contribution in [1.29, 1.82) is 0 Å². The Morgan fingerprint density at radius 3 is 2.60 bits per heavy atom. The maximum atomic E-state index is 5.78. The van der Waals surface area contributed by atoms with Crippen molar-refractivity contribution in [2.45, 2.75) is 12.8 Å². The van der Waals surface area contributed by atoms with E-state index < -0.39 is 0 Å². The molecule has 0 aromatic heterocycles. The molecule has 2 rings (SSSR count). The fraction of sp³-hybridized carbons (Fsp3) is 0.312. The van der Waals surface area contributed by atoms with E-state index in [9.17, 15) is 0 Å². The second-order valence-corrected chi connectivity index (χ2v) is 5.14. The smallest absolute Gasteiger partial charge is 0.104 e. The van der Waals surface area contributed by atoms with Gasteiger partial charge >= 0.3 is 0 Å². The zero-order valence-corrected chi connectivity index (χ0v) is 12.5. The summed E-state index contributed by atoms with van der Waals surface area (Å²) in [6.07, 6.45) is 2.14. The first-order valence-corrected chi connectivity index (χ1v) is 7.19. The molecule has 0 fully saturated rings. The zero-order chi connectivity index (χ0) is 14.4. The fourth-order valence-corrected chi connectivity index (χ4v) is 2.44. The van der Waals surface area contributed by atoms with Crippen molar-refractivity contribution < 1.29 is 4.74 Å². The summed E-state index contributed by atoms with van der Waals surface area (Å²) >= 11 is 5.11. The van der Waals surface area contributed by atoms with Crippen molar-refractivity contribution in [3.05, 3.63) is 42.0 Å². The minimum Gasteiger partial charge on any atom is -0.389 e. The molecule has 2 aromatic carbocycles. The fourth-order valence-electron chi connectivity index (χ4n) is 2.26. The third kappa shape index (κ3) is 3.46. The lowest BCUT2D eigenvalue weighted by molar-refractivity contribution is 0.194. The van der Waals surface area contributed by atoms with Crippen molar-refractivity contribution in [3.63, 3.8) is 0 Å². The number of unbranched alkanes of at least 4 members (excludes halogenated alkanes) is 1. The van der Waals surface area contributed by atoms with Crippen molar-refractivity contribution in [2.75, 3.05) is 25.6 Å². The van der Waals surface area contributed by atoms with Crippen LogP contribution in [-0.4, -0.2) is 25.2 Å². The van der Waals surface area contributed by atoms with Crippen LogP contribution in [0.15, 0.2) is 36.4 Å². The first kappa shape index (κ1) is 14.8. The van der Waals surface area contributed by atoms with Gasteiger partial charge in [0, 0.05) is 36.9 Å². The number of nitrogens with two attached hydrogens (primary N) is 1. The normalized spacial score (nSPS) is 10.7. The zero-order valence-electron chi connectivity index (χ0n) is 11.7. The quantitative estimate of drug-likeness (QED) is 0.606. The number of hydrogen-bond acceptors (Lipinski definition) is 3. The molecule has 0 aliphatic heterocycles. The second-order valence-electron chi connectivity index (χ2n) is 4.70. The van der Waals surface area contributed by atoms with Crippen LogP contribution in [0, 0.1) is 0 Å². The van der Waals surface area contributed by atoms with Gasteiger partial charge in [-0.3, -0.25) is 0 Å². The number of nitrogens with one attached hydrogen (secondary N) is 1. The van der Waals surface area contributed by atoms with Gasteiger partial charge in [-0.2, -0.15) is 0 Å². The molecule has 106 valence electrons. The molecule has 0 saturated heterocycles. The van der Waals surface area contributed by atoms with Crippen LogP contribution < -0.4 is 11.1 Å². The van der Waals surface area contributed by atoms with Crippen LogP contribution in [0.4, 0.5) is 5.69 Å². The van der Waals surface area contributed by atoms with E-state index in [4.69, 9.17) is 22.7 Å². The lowest BCUT2D eigenvalue weighted by Crippen LogP contribution is -2.10. The molecule has 20 heavy (non-hydrogen) atoms. The average Bonchev–Trinajstić information content (AvgIpc) is 2.46. The summed E-state index contributed by atoms with van der Waals surface area (Å²) in [6, 6.07) is 12.2. The monoisotopic (exact) mass is 288 g/mol. The highest BCUT2D eigenvalue weighted by atomic mass is 32.1. The van der Waals surface area contributed by atoms with Gasteiger partial charge < -0.3 is 15.8 Å². The number of methoxy groups -OCH3 is 1. The number of thiocarbonyl (C=S) groups is 1. The molecule has 0 aliphatic carbocycles. The molecule has 0 unspecified atom stereocenters. The Morgan fingerprint density at radius 2 is 1.90 bits per heavy atom. The van der Waals surface area contributed by atoms with E-state index in [0.29, 0.717) is 4.99 Å². The first-order chi connectivity index (χ1) is 9.74. The average molecular weight is 288 g/mol. The van der Waals surface area contributed by atoms with Gasteiger partial charge in [0.15, 0.2) is 0 Å². The molecule has 0 heterocycles. The molecule has 0 spiro atoms. The Kier molecular flexibility index (Phi) is 5.32. The van der Waals surface area contributed by atoms with E-state index in [1.165, 1.54) is 0 Å². The third-order valence-electron chi connectivity index (χ3n) is 3.28. The summed E-state index contributed by atoms with van der Waals surface area (Å²) < 4.78 is 5.05. The van der Waals surface area contributed by atoms with Gasteiger partial charge in [0.1, 0.15) is 4.99 Å². The molecule has 3 nitrogen and oxygen atoms in total. The number of ether oxygens (including phenoxy) is 1. The summed E-state index contributed by atoms with van der Waals surface area (Å²) in [7, 11) is 1.73. The lowest BCUT2D eigenvalue weighted by Gasteiger charge is -2.12. The van der Waals surface area contributed by atoms with Crippen molar-refractivity contribution in [2.24, 2.45) is 5.73 Å². The molecular weight excluding hydrogens is 268 g/mol. The first-order valence-electron chi connectivity index (χ1n) is 6.78. The van der Waals surface area contributed by atoms with E-state index >= 15 is 0 Å². The Bertz CT molecular complexity index is 598. The minimum absolute atomic E-state index is 0.438. The number of hydrogen-bond donors (Lipinski definition) is 2. The summed E-state index contributed by atoms with van der Waals surface area (Å²) in [5, 5.41) is 5.73. The van der Waals surface area contributed by atoms with Gasteiger partial charge in [0.25, 0.3) is 0 Å². The number of fused-ring (bicyclic) bond motifs is 1. The molecule has 0 aliphatic rings. The maximum Gasteiger partial charge on any atom is 0.104 e. The van der Waals surface area contributed by atoms with E-state index in [0.717, 1.165) is 48.0 Å². The highest BCUT2D eigenvalue weighted by Gasteiger charge is 2.06. The molecule has 0 bridgehead atoms. The third-order valence-corrected chi connectivity index (χ3v) is 3.50. The lowest BCUT2D eigenvalue weighted by atomic mass is 10.0. The molecule has 4 heteroatoms. The molecule has 0 radical (unpaired) electrons. The van der Waals surface area contributed by atoms with Crippen LogP contribution in [0.25, 0.3) is 10.8 Å². The van der Waals surface area contributed by atoms with Gasteiger partial charge in [0.2, 0.25) is 0 Å². The number of benzene rings is 2. The highest BCUT2D eigenvalue weighted by molar-refractivity contribution is 7.80. The van der Waals surface area contributed by atoms with E-state index in [1.54, 1.807) is 7.11 Å². The number of anilines is 1. The molecular formula is C16H20N2OS. The Balaban J connectivity index is 2.18. The Hall–Kier alpha value is -1.65. The van der Waals surface area contributed by atoms with Gasteiger partial charge in [-0.25, -0.2) is 0 Å². The van der Waals surface area contributed by atoms with Gasteiger partial charge in [-0.1, -0.05) is 36.5 Å². The summed E-state index contributed by atoms with van der Waals surface area (Å²) in [5.41, 5.74) is 7.84. The van der Waals surface area contributed by atoms with Gasteiger partial charge in [-0.05, 0) is 30.4 Å². The second kappa shape index (κ2) is 7.22. The summed E-state index contributed by atoms with van der Waals surface area (Å²) in [4.78, 5) is 0.438. The van der Waals surface area contributed by atoms with E-state index in [-0.39, 0.29) is 0 Å². The van der Waals surface area contributed by atoms with Crippen molar-refractivity contribution >= 4 is 33.7 Å².